The third-order valence-electron chi connectivity index (χ3n) is 8.35. The summed E-state index contributed by atoms with van der Waals surface area (Å²) in [6.45, 7) is -2.12. The number of nitro groups is 1. The van der Waals surface area contributed by atoms with Gasteiger partial charge in [0.2, 0.25) is 11.8 Å². The molecule has 1 aromatic heterocycles. The van der Waals surface area contributed by atoms with Crippen molar-refractivity contribution in [2.45, 2.75) is 25.3 Å². The van der Waals surface area contributed by atoms with Crippen molar-refractivity contribution in [3.63, 3.8) is 0 Å². The molecule has 5 aromatic rings. The van der Waals surface area contributed by atoms with Crippen molar-refractivity contribution in [1.82, 2.24) is 19.9 Å². The lowest BCUT2D eigenvalue weighted by molar-refractivity contribution is -0.384. The van der Waals surface area contributed by atoms with E-state index in [-0.39, 0.29) is 35.9 Å². The van der Waals surface area contributed by atoms with Crippen molar-refractivity contribution >= 4 is 64.4 Å². The number of rotatable bonds is 11. The number of hydrogen-bond acceptors (Lipinski definition) is 10. The fraction of sp³-hybridized carbons (Fsp3) is 0.167. The number of nitrogens with zero attached hydrogens (tertiary/aromatic N) is 5. The molecule has 12 nitrogen and oxygen atoms in total. The third-order valence-corrected chi connectivity index (χ3v) is 13.2. The molecule has 0 aliphatic carbocycles. The van der Waals surface area contributed by atoms with Crippen LogP contribution in [0.1, 0.15) is 18.2 Å². The number of aryl methyl sites for hydroxylation is 1. The van der Waals surface area contributed by atoms with Crippen LogP contribution in [0.2, 0.25) is 0 Å². The first-order chi connectivity index (χ1) is 24.1. The molecule has 1 amide bonds. The number of likely N-dealkylation sites (tertiary alicyclic amines) is 1. The lowest BCUT2D eigenvalue weighted by Gasteiger charge is -2.47. The number of benzene rings is 4. The Morgan fingerprint density at radius 1 is 0.880 bits per heavy atom. The first-order valence-electron chi connectivity index (χ1n) is 15.5. The van der Waals surface area contributed by atoms with Crippen LogP contribution in [0.3, 0.4) is 0 Å². The van der Waals surface area contributed by atoms with Gasteiger partial charge in [-0.2, -0.15) is 12.6 Å². The summed E-state index contributed by atoms with van der Waals surface area (Å²) in [5.41, 5.74) is 0.868. The predicted octanol–water partition coefficient (Wildman–Crippen LogP) is 3.77. The van der Waals surface area contributed by atoms with Gasteiger partial charge in [0.25, 0.3) is 5.69 Å². The number of amides is 1. The normalized spacial score (nSPS) is 15.6. The lowest BCUT2D eigenvalue weighted by Crippen LogP contribution is -2.64. The summed E-state index contributed by atoms with van der Waals surface area (Å²) in [6, 6.07) is 34.4. The Labute approximate surface area is 293 Å². The summed E-state index contributed by atoms with van der Waals surface area (Å²) in [4.78, 5) is 53.1. The van der Waals surface area contributed by atoms with Gasteiger partial charge in [0, 0.05) is 39.4 Å². The number of carbonyl (C=O) groups excluding carboxylic acids is 3. The van der Waals surface area contributed by atoms with Gasteiger partial charge < -0.3 is 9.47 Å². The number of non-ortho nitro benzene ring substituents is 1. The van der Waals surface area contributed by atoms with Crippen LogP contribution in [0.25, 0.3) is 0 Å². The average Bonchev–Trinajstić information content (AvgIpc) is 3.48. The third kappa shape index (κ3) is 6.45. The number of thiol groups is 1. The van der Waals surface area contributed by atoms with Crippen LogP contribution in [0, 0.1) is 16.0 Å². The van der Waals surface area contributed by atoms with Gasteiger partial charge >= 0.3 is 11.9 Å². The molecule has 1 aliphatic rings. The topological polar surface area (TPSA) is 147 Å². The highest BCUT2D eigenvalue weighted by Gasteiger charge is 2.52. The van der Waals surface area contributed by atoms with Crippen molar-refractivity contribution in [2.24, 2.45) is 13.0 Å². The Morgan fingerprint density at radius 2 is 1.40 bits per heavy atom. The Kier molecular flexibility index (Phi) is 9.98. The summed E-state index contributed by atoms with van der Waals surface area (Å²) in [7, 11) is 1.58. The SMILES string of the molecule is CC(=O)Oc1c(CC2C(=O)N(C(C(=O)OCc3ccc([N+](=O)[O-])cc3)=P(c3ccccc3)(c3ccccc3)c3ccccc3)C2S)nnn1C. The highest BCUT2D eigenvalue weighted by atomic mass is 32.1. The molecule has 2 heterocycles. The summed E-state index contributed by atoms with van der Waals surface area (Å²) >= 11 is 4.91. The molecule has 6 rings (SSSR count). The fourth-order valence-corrected chi connectivity index (χ4v) is 11.0. The fourth-order valence-electron chi connectivity index (χ4n) is 6.04. The van der Waals surface area contributed by atoms with Crippen molar-refractivity contribution in [1.29, 1.82) is 0 Å². The monoisotopic (exact) mass is 709 g/mol. The summed E-state index contributed by atoms with van der Waals surface area (Å²) in [5.74, 6) is -2.31. The van der Waals surface area contributed by atoms with Crippen molar-refractivity contribution in [3.8, 4) is 5.88 Å². The van der Waals surface area contributed by atoms with Crippen LogP contribution in [0.5, 0.6) is 5.88 Å². The molecular formula is C36H32N5O7PS. The minimum atomic E-state index is -3.18. The molecule has 1 saturated heterocycles. The Hall–Kier alpha value is -5.52. The summed E-state index contributed by atoms with van der Waals surface area (Å²) in [6.07, 6.45) is 0.0541. The zero-order chi connectivity index (χ0) is 35.4. The molecule has 0 bridgehead atoms. The molecule has 2 unspecified atom stereocenters. The molecule has 254 valence electrons. The van der Waals surface area contributed by atoms with Crippen molar-refractivity contribution in [2.75, 3.05) is 0 Å². The molecule has 0 N–H and O–H groups in total. The van der Waals surface area contributed by atoms with Gasteiger partial charge in [0.05, 0.1) is 16.2 Å². The van der Waals surface area contributed by atoms with Crippen LogP contribution in [-0.4, -0.2) is 53.5 Å². The Balaban J connectivity index is 1.53. The molecule has 1 aliphatic heterocycles. The van der Waals surface area contributed by atoms with E-state index in [1.165, 1.54) is 40.8 Å². The maximum Gasteiger partial charge on any atom is 0.356 e. The van der Waals surface area contributed by atoms with Gasteiger partial charge in [0.1, 0.15) is 17.7 Å². The van der Waals surface area contributed by atoms with E-state index in [1.54, 1.807) is 7.05 Å². The highest BCUT2D eigenvalue weighted by Crippen LogP contribution is 2.50. The Morgan fingerprint density at radius 3 is 1.86 bits per heavy atom. The quantitative estimate of drug-likeness (QED) is 0.0541. The van der Waals surface area contributed by atoms with Crippen LogP contribution in [0.15, 0.2) is 115 Å². The van der Waals surface area contributed by atoms with Crippen LogP contribution in [0.4, 0.5) is 5.69 Å². The van der Waals surface area contributed by atoms with E-state index in [9.17, 15) is 24.5 Å². The van der Waals surface area contributed by atoms with Crippen LogP contribution >= 0.6 is 19.5 Å². The number of aromatic nitrogens is 3. The van der Waals surface area contributed by atoms with E-state index in [1.807, 2.05) is 91.0 Å². The average molecular weight is 710 g/mol. The van der Waals surface area contributed by atoms with Crippen molar-refractivity contribution in [3.05, 3.63) is 137 Å². The molecule has 0 saturated carbocycles. The molecule has 4 aromatic carbocycles. The smallest absolute Gasteiger partial charge is 0.356 e. The van der Waals surface area contributed by atoms with E-state index >= 15 is 0 Å². The second kappa shape index (κ2) is 14.5. The van der Waals surface area contributed by atoms with E-state index < -0.39 is 35.0 Å². The van der Waals surface area contributed by atoms with Gasteiger partial charge in [0.15, 0.2) is 0 Å². The Bertz CT molecular complexity index is 2010. The second-order valence-corrected chi connectivity index (χ2v) is 15.3. The number of hydrogen-bond donors (Lipinski definition) is 1. The number of ether oxygens (including phenoxy) is 2. The highest BCUT2D eigenvalue weighted by molar-refractivity contribution is 7.96. The van der Waals surface area contributed by atoms with E-state index in [2.05, 4.69) is 10.3 Å². The van der Waals surface area contributed by atoms with Gasteiger partial charge in [-0.05, 0) is 33.6 Å². The minimum Gasteiger partial charge on any atom is -0.456 e. The predicted molar refractivity (Wildman–Crippen MR) is 192 cm³/mol. The van der Waals surface area contributed by atoms with Gasteiger partial charge in [-0.3, -0.25) is 24.6 Å². The first-order valence-corrected chi connectivity index (χ1v) is 17.9. The molecule has 2 atom stereocenters. The minimum absolute atomic E-state index is 0.0541. The van der Waals surface area contributed by atoms with E-state index in [4.69, 9.17) is 22.1 Å². The van der Waals surface area contributed by atoms with Crippen LogP contribution in [-0.2, 0) is 39.2 Å². The van der Waals surface area contributed by atoms with Gasteiger partial charge in [-0.1, -0.05) is 96.2 Å². The lowest BCUT2D eigenvalue weighted by atomic mass is 9.93. The largest absolute Gasteiger partial charge is 0.456 e. The number of nitro benzene ring substituents is 1. The van der Waals surface area contributed by atoms with E-state index in [0.717, 1.165) is 15.9 Å². The maximum absolute atomic E-state index is 14.8. The number of β-lactam (4-membered cyclic amide) rings is 1. The first kappa shape index (κ1) is 34.3. The zero-order valence-electron chi connectivity index (χ0n) is 27.0. The molecule has 0 radical (unpaired) electrons. The molecule has 0 spiro atoms. The van der Waals surface area contributed by atoms with Gasteiger partial charge in [-0.25, -0.2) is 9.48 Å². The summed E-state index contributed by atoms with van der Waals surface area (Å²) in [5, 5.41) is 20.9. The molecule has 14 heteroatoms. The standard InChI is InChI=1S/C36H32N5O7PS/c1-24(42)48-33-31(37-38-39(33)2)22-30-32(43)40(35(30)50)34(36(44)47-23-25-18-20-26(21-19-25)41(45)46)49(27-12-6-3-7-13-27,28-14-8-4-9-15-28)29-16-10-5-11-17-29/h3-21,30,35,50H,22-23H2,1-2H3. The maximum atomic E-state index is 14.8. The second-order valence-electron chi connectivity index (χ2n) is 11.5. The zero-order valence-corrected chi connectivity index (χ0v) is 28.8. The number of esters is 2. The molecular weight excluding hydrogens is 677 g/mol. The molecule has 50 heavy (non-hydrogen) atoms. The van der Waals surface area contributed by atoms with Gasteiger partial charge in [-0.15, -0.1) is 5.10 Å². The number of carbonyl (C=O) groups is 3. The van der Waals surface area contributed by atoms with Crippen LogP contribution < -0.4 is 20.7 Å². The van der Waals surface area contributed by atoms with Crippen molar-refractivity contribution < 1.29 is 28.8 Å². The molecule has 1 fully saturated rings. The van der Waals surface area contributed by atoms with E-state index in [0.29, 0.717) is 11.3 Å². The summed E-state index contributed by atoms with van der Waals surface area (Å²) < 4.78 is 12.6.